The molecule has 3 rings (SSSR count). The molecule has 0 aliphatic carbocycles. The van der Waals surface area contributed by atoms with Crippen LogP contribution in [-0.2, 0) is 11.2 Å². The maximum absolute atomic E-state index is 12.5. The number of aromatic nitrogens is 2. The second kappa shape index (κ2) is 9.83. The topological polar surface area (TPSA) is 49.3 Å². The number of hydrogen-bond donors (Lipinski definition) is 0. The van der Waals surface area contributed by atoms with E-state index in [1.165, 1.54) is 29.9 Å². The maximum atomic E-state index is 12.5. The summed E-state index contributed by atoms with van der Waals surface area (Å²) in [5, 5.41) is 0.975. The van der Waals surface area contributed by atoms with Crippen molar-refractivity contribution >= 4 is 22.6 Å². The van der Waals surface area contributed by atoms with E-state index >= 15 is 0 Å². The molecule has 0 bridgehead atoms. The summed E-state index contributed by atoms with van der Waals surface area (Å²) in [7, 11) is 0. The minimum Gasteiger partial charge on any atom is -0.343 e. The van der Waals surface area contributed by atoms with Crippen molar-refractivity contribution in [3.63, 3.8) is 0 Å². The molecule has 1 aromatic heterocycles. The highest BCUT2D eigenvalue weighted by Crippen LogP contribution is 2.23. The highest BCUT2D eigenvalue weighted by atomic mass is 32.1. The first-order chi connectivity index (χ1) is 13.2. The van der Waals surface area contributed by atoms with Crippen molar-refractivity contribution in [2.24, 2.45) is 0 Å². The van der Waals surface area contributed by atoms with E-state index in [-0.39, 0.29) is 6.04 Å². The highest BCUT2D eigenvalue weighted by molar-refractivity contribution is 7.09. The molecule has 1 saturated heterocycles. The molecule has 0 radical (unpaired) electrons. The van der Waals surface area contributed by atoms with Crippen LogP contribution < -0.4 is 4.90 Å². The van der Waals surface area contributed by atoms with Crippen LogP contribution >= 0.6 is 11.5 Å². The summed E-state index contributed by atoms with van der Waals surface area (Å²) in [6.07, 6.45) is 6.05. The van der Waals surface area contributed by atoms with E-state index in [2.05, 4.69) is 35.3 Å². The van der Waals surface area contributed by atoms with Gasteiger partial charge in [-0.25, -0.2) is 4.98 Å². The highest BCUT2D eigenvalue weighted by Gasteiger charge is 2.28. The van der Waals surface area contributed by atoms with Gasteiger partial charge in [0, 0.05) is 50.1 Å². The standard InChI is InChI=1S/C21H30N4OS/c1-3-4-5-9-12-20(26)25-14-13-24(16-17(25)2)21-22-19(23-27-21)15-18-10-7-6-8-11-18/h6-8,10-11,17H,3-5,9,12-16H2,1-2H3/t17-/m0/s1. The summed E-state index contributed by atoms with van der Waals surface area (Å²) < 4.78 is 4.53. The number of carbonyl (C=O) groups excluding carboxylic acids is 1. The number of carbonyl (C=O) groups is 1. The number of unbranched alkanes of at least 4 members (excludes halogenated alkanes) is 3. The lowest BCUT2D eigenvalue weighted by Crippen LogP contribution is -2.54. The molecule has 6 heteroatoms. The lowest BCUT2D eigenvalue weighted by Gasteiger charge is -2.39. The fraction of sp³-hybridized carbons (Fsp3) is 0.571. The molecule has 27 heavy (non-hydrogen) atoms. The second-order valence-electron chi connectivity index (χ2n) is 7.35. The Bertz CT molecular complexity index is 718. The fourth-order valence-corrected chi connectivity index (χ4v) is 4.29. The molecule has 1 aliphatic heterocycles. The van der Waals surface area contributed by atoms with Crippen LogP contribution in [0.1, 0.15) is 57.3 Å². The molecule has 0 unspecified atom stereocenters. The molecule has 1 aromatic carbocycles. The van der Waals surface area contributed by atoms with Crippen molar-refractivity contribution in [2.75, 3.05) is 24.5 Å². The molecule has 146 valence electrons. The smallest absolute Gasteiger partial charge is 0.222 e. The van der Waals surface area contributed by atoms with E-state index in [4.69, 9.17) is 4.98 Å². The number of anilines is 1. The molecule has 1 amide bonds. The van der Waals surface area contributed by atoms with Crippen molar-refractivity contribution < 1.29 is 4.79 Å². The molecule has 0 saturated carbocycles. The van der Waals surface area contributed by atoms with Crippen molar-refractivity contribution in [1.82, 2.24) is 14.3 Å². The van der Waals surface area contributed by atoms with Crippen LogP contribution in [0.15, 0.2) is 30.3 Å². The molecule has 2 heterocycles. The average Bonchev–Trinajstić information content (AvgIpc) is 3.14. The van der Waals surface area contributed by atoms with E-state index in [0.29, 0.717) is 12.3 Å². The van der Waals surface area contributed by atoms with Crippen LogP contribution in [0.2, 0.25) is 0 Å². The monoisotopic (exact) mass is 386 g/mol. The van der Waals surface area contributed by atoms with E-state index in [1.54, 1.807) is 0 Å². The van der Waals surface area contributed by atoms with Gasteiger partial charge in [-0.15, -0.1) is 0 Å². The fourth-order valence-electron chi connectivity index (χ4n) is 3.57. The Kier molecular flexibility index (Phi) is 7.21. The summed E-state index contributed by atoms with van der Waals surface area (Å²) in [5.74, 6) is 1.18. The summed E-state index contributed by atoms with van der Waals surface area (Å²) in [5.41, 5.74) is 1.23. The molecule has 5 nitrogen and oxygen atoms in total. The van der Waals surface area contributed by atoms with Crippen LogP contribution in [0.3, 0.4) is 0 Å². The number of nitrogens with zero attached hydrogens (tertiary/aromatic N) is 4. The Morgan fingerprint density at radius 2 is 2.00 bits per heavy atom. The SMILES string of the molecule is CCCCCCC(=O)N1CCN(c2nc(Cc3ccccc3)ns2)C[C@@H]1C. The van der Waals surface area contributed by atoms with Gasteiger partial charge >= 0.3 is 0 Å². The quantitative estimate of drug-likeness (QED) is 0.640. The largest absolute Gasteiger partial charge is 0.343 e. The summed E-state index contributed by atoms with van der Waals surface area (Å²) in [6, 6.07) is 10.5. The van der Waals surface area contributed by atoms with E-state index < -0.39 is 0 Å². The van der Waals surface area contributed by atoms with Crippen molar-refractivity contribution in [2.45, 2.75) is 58.4 Å². The van der Waals surface area contributed by atoms with Crippen molar-refractivity contribution in [3.05, 3.63) is 41.7 Å². The lowest BCUT2D eigenvalue weighted by molar-refractivity contribution is -0.133. The molecule has 0 spiro atoms. The Labute approximate surface area is 166 Å². The predicted octanol–water partition coefficient (Wildman–Crippen LogP) is 4.14. The van der Waals surface area contributed by atoms with Gasteiger partial charge in [-0.3, -0.25) is 4.79 Å². The van der Waals surface area contributed by atoms with E-state index in [0.717, 1.165) is 49.9 Å². The lowest BCUT2D eigenvalue weighted by atomic mass is 10.1. The molecule has 1 aliphatic rings. The molecule has 0 N–H and O–H groups in total. The van der Waals surface area contributed by atoms with Crippen molar-refractivity contribution in [1.29, 1.82) is 0 Å². The third kappa shape index (κ3) is 5.51. The predicted molar refractivity (Wildman–Crippen MR) is 111 cm³/mol. The van der Waals surface area contributed by atoms with Gasteiger partial charge in [0.1, 0.15) is 5.82 Å². The molecule has 1 atom stereocenters. The van der Waals surface area contributed by atoms with Crippen LogP contribution in [0.5, 0.6) is 0 Å². The van der Waals surface area contributed by atoms with Crippen LogP contribution in [0.4, 0.5) is 5.13 Å². The summed E-state index contributed by atoms with van der Waals surface area (Å²) in [6.45, 7) is 6.79. The average molecular weight is 387 g/mol. The third-order valence-electron chi connectivity index (χ3n) is 5.12. The first kappa shape index (κ1) is 19.8. The van der Waals surface area contributed by atoms with Crippen molar-refractivity contribution in [3.8, 4) is 0 Å². The Balaban J connectivity index is 1.51. The van der Waals surface area contributed by atoms with E-state index in [1.807, 2.05) is 23.1 Å². The van der Waals surface area contributed by atoms with Crippen LogP contribution in [0.25, 0.3) is 0 Å². The third-order valence-corrected chi connectivity index (χ3v) is 5.94. The number of amides is 1. The van der Waals surface area contributed by atoms with Gasteiger partial charge in [-0.05, 0) is 18.9 Å². The molecular weight excluding hydrogens is 356 g/mol. The van der Waals surface area contributed by atoms with Gasteiger partial charge in [0.15, 0.2) is 0 Å². The van der Waals surface area contributed by atoms with Gasteiger partial charge in [0.05, 0.1) is 0 Å². The molecule has 1 fully saturated rings. The van der Waals surface area contributed by atoms with Gasteiger partial charge < -0.3 is 9.80 Å². The Morgan fingerprint density at radius 1 is 1.19 bits per heavy atom. The summed E-state index contributed by atoms with van der Waals surface area (Å²) in [4.78, 5) is 21.6. The van der Waals surface area contributed by atoms with E-state index in [9.17, 15) is 4.79 Å². The Hall–Kier alpha value is -1.95. The number of piperazine rings is 1. The van der Waals surface area contributed by atoms with Crippen LogP contribution in [-0.4, -0.2) is 45.8 Å². The Morgan fingerprint density at radius 3 is 2.74 bits per heavy atom. The zero-order valence-electron chi connectivity index (χ0n) is 16.4. The molecular formula is C21H30N4OS. The summed E-state index contributed by atoms with van der Waals surface area (Å²) >= 11 is 1.47. The number of benzene rings is 1. The second-order valence-corrected chi connectivity index (χ2v) is 8.08. The first-order valence-corrected chi connectivity index (χ1v) is 10.9. The van der Waals surface area contributed by atoms with Gasteiger partial charge in [-0.1, -0.05) is 56.5 Å². The van der Waals surface area contributed by atoms with Gasteiger partial charge in [0.2, 0.25) is 11.0 Å². The van der Waals surface area contributed by atoms with Gasteiger partial charge in [0.25, 0.3) is 0 Å². The van der Waals surface area contributed by atoms with Crippen LogP contribution in [0, 0.1) is 0 Å². The zero-order valence-corrected chi connectivity index (χ0v) is 17.2. The minimum absolute atomic E-state index is 0.221. The number of hydrogen-bond acceptors (Lipinski definition) is 5. The number of rotatable bonds is 8. The zero-order chi connectivity index (χ0) is 19.1. The first-order valence-electron chi connectivity index (χ1n) is 10.1. The normalized spacial score (nSPS) is 17.3. The molecule has 2 aromatic rings. The minimum atomic E-state index is 0.221. The maximum Gasteiger partial charge on any atom is 0.222 e. The van der Waals surface area contributed by atoms with Gasteiger partial charge in [-0.2, -0.15) is 4.37 Å².